The number of ketones is 1. The van der Waals surface area contributed by atoms with Gasteiger partial charge in [0.15, 0.2) is 5.78 Å². The van der Waals surface area contributed by atoms with Crippen molar-refractivity contribution in [3.63, 3.8) is 0 Å². The van der Waals surface area contributed by atoms with Crippen molar-refractivity contribution in [2.24, 2.45) is 5.92 Å². The summed E-state index contributed by atoms with van der Waals surface area (Å²) < 4.78 is 0. The predicted octanol–water partition coefficient (Wildman–Crippen LogP) is 1.98. The molecule has 0 aromatic carbocycles. The minimum absolute atomic E-state index is 0.0223. The molecule has 1 saturated carbocycles. The van der Waals surface area contributed by atoms with Gasteiger partial charge in [0.25, 0.3) is 5.91 Å². The van der Waals surface area contributed by atoms with E-state index in [4.69, 9.17) is 0 Å². The third-order valence-electron chi connectivity index (χ3n) is 4.37. The van der Waals surface area contributed by atoms with Crippen LogP contribution in [0.15, 0.2) is 0 Å². The molecule has 1 aromatic heterocycles. The van der Waals surface area contributed by atoms with E-state index in [1.807, 2.05) is 13.8 Å². The van der Waals surface area contributed by atoms with E-state index >= 15 is 0 Å². The van der Waals surface area contributed by atoms with E-state index in [-0.39, 0.29) is 23.7 Å². The van der Waals surface area contributed by atoms with Gasteiger partial charge in [-0.05, 0) is 38.7 Å². The van der Waals surface area contributed by atoms with Crippen LogP contribution in [0.1, 0.15) is 65.2 Å². The molecule has 0 bridgehead atoms. The highest BCUT2D eigenvalue weighted by Crippen LogP contribution is 2.25. The number of amides is 1. The zero-order chi connectivity index (χ0) is 15.6. The van der Waals surface area contributed by atoms with Crippen LogP contribution in [0.5, 0.6) is 0 Å². The van der Waals surface area contributed by atoms with E-state index in [2.05, 4.69) is 10.3 Å². The molecular formula is C16H24N2O3. The van der Waals surface area contributed by atoms with Crippen molar-refractivity contribution in [2.75, 3.05) is 6.54 Å². The second-order valence-electron chi connectivity index (χ2n) is 5.86. The number of hydrogen-bond acceptors (Lipinski definition) is 3. The Morgan fingerprint density at radius 1 is 1.38 bits per heavy atom. The van der Waals surface area contributed by atoms with Crippen LogP contribution >= 0.6 is 0 Å². The lowest BCUT2D eigenvalue weighted by molar-refractivity contribution is 0.0911. The summed E-state index contributed by atoms with van der Waals surface area (Å²) in [7, 11) is 0. The maximum atomic E-state index is 12.3. The molecule has 0 unspecified atom stereocenters. The maximum Gasteiger partial charge on any atom is 0.268 e. The Morgan fingerprint density at radius 3 is 2.62 bits per heavy atom. The van der Waals surface area contributed by atoms with Crippen molar-refractivity contribution in [3.05, 3.63) is 22.5 Å². The molecule has 116 valence electrons. The number of hydrogen-bond donors (Lipinski definition) is 3. The van der Waals surface area contributed by atoms with Gasteiger partial charge in [0.05, 0.1) is 6.10 Å². The molecule has 0 radical (unpaired) electrons. The van der Waals surface area contributed by atoms with Crippen LogP contribution in [0, 0.1) is 12.8 Å². The minimum Gasteiger partial charge on any atom is -0.393 e. The molecular weight excluding hydrogens is 268 g/mol. The van der Waals surface area contributed by atoms with Crippen LogP contribution in [-0.4, -0.2) is 34.4 Å². The summed E-state index contributed by atoms with van der Waals surface area (Å²) >= 11 is 0. The van der Waals surface area contributed by atoms with Crippen LogP contribution in [0.25, 0.3) is 0 Å². The molecule has 0 saturated heterocycles. The van der Waals surface area contributed by atoms with E-state index in [0.717, 1.165) is 30.5 Å². The molecule has 3 N–H and O–H groups in total. The fourth-order valence-electron chi connectivity index (χ4n) is 3.27. The molecule has 0 aliphatic heterocycles. The Bertz CT molecular complexity index is 548. The molecule has 21 heavy (non-hydrogen) atoms. The summed E-state index contributed by atoms with van der Waals surface area (Å²) in [4.78, 5) is 27.1. The second kappa shape index (κ2) is 6.43. The fraction of sp³-hybridized carbons (Fsp3) is 0.625. The van der Waals surface area contributed by atoms with Crippen LogP contribution in [0.2, 0.25) is 0 Å². The molecule has 0 spiro atoms. The van der Waals surface area contributed by atoms with Gasteiger partial charge < -0.3 is 15.4 Å². The van der Waals surface area contributed by atoms with Crippen LogP contribution in [-0.2, 0) is 6.42 Å². The van der Waals surface area contributed by atoms with Crippen molar-refractivity contribution in [2.45, 2.75) is 52.6 Å². The van der Waals surface area contributed by atoms with Gasteiger partial charge in [0.1, 0.15) is 5.69 Å². The molecule has 5 heteroatoms. The Kier molecular flexibility index (Phi) is 4.83. The summed E-state index contributed by atoms with van der Waals surface area (Å²) in [6, 6.07) is 0. The van der Waals surface area contributed by atoms with E-state index < -0.39 is 0 Å². The Labute approximate surface area is 125 Å². The number of carbonyl (C=O) groups is 2. The largest absolute Gasteiger partial charge is 0.393 e. The second-order valence-corrected chi connectivity index (χ2v) is 5.86. The highest BCUT2D eigenvalue weighted by atomic mass is 16.3. The number of rotatable bonds is 5. The minimum atomic E-state index is -0.311. The molecule has 1 aliphatic rings. The predicted molar refractivity (Wildman–Crippen MR) is 80.6 cm³/mol. The topological polar surface area (TPSA) is 82.2 Å². The number of aliphatic hydroxyl groups is 1. The number of aryl methyl sites for hydroxylation is 1. The third kappa shape index (κ3) is 3.18. The van der Waals surface area contributed by atoms with Gasteiger partial charge in [-0.15, -0.1) is 0 Å². The molecule has 1 aromatic rings. The molecule has 1 amide bonds. The lowest BCUT2D eigenvalue weighted by Crippen LogP contribution is -2.33. The summed E-state index contributed by atoms with van der Waals surface area (Å²) in [5.74, 6) is -0.0743. The number of aliphatic hydroxyl groups excluding tert-OH is 1. The first-order valence-corrected chi connectivity index (χ1v) is 7.64. The number of aromatic nitrogens is 1. The monoisotopic (exact) mass is 292 g/mol. The van der Waals surface area contributed by atoms with E-state index in [1.165, 1.54) is 6.92 Å². The zero-order valence-electron chi connectivity index (χ0n) is 13.0. The van der Waals surface area contributed by atoms with Crippen molar-refractivity contribution in [1.82, 2.24) is 10.3 Å². The van der Waals surface area contributed by atoms with E-state index in [1.54, 1.807) is 0 Å². The summed E-state index contributed by atoms with van der Waals surface area (Å²) in [5.41, 5.74) is 2.63. The Morgan fingerprint density at radius 2 is 2.10 bits per heavy atom. The maximum absolute atomic E-state index is 12.3. The van der Waals surface area contributed by atoms with Gasteiger partial charge in [0, 0.05) is 23.7 Å². The van der Waals surface area contributed by atoms with Gasteiger partial charge in [-0.2, -0.15) is 0 Å². The fourth-order valence-corrected chi connectivity index (χ4v) is 3.27. The zero-order valence-corrected chi connectivity index (χ0v) is 13.0. The molecule has 2 rings (SSSR count). The van der Waals surface area contributed by atoms with Crippen molar-refractivity contribution in [1.29, 1.82) is 0 Å². The number of carbonyl (C=O) groups excluding carboxylic acids is 2. The highest BCUT2D eigenvalue weighted by molar-refractivity contribution is 6.02. The number of Topliss-reactive ketones (excluding diaryl/α,β-unsaturated/α-hetero) is 1. The quantitative estimate of drug-likeness (QED) is 0.726. The molecule has 5 nitrogen and oxygen atoms in total. The Balaban J connectivity index is 2.12. The first kappa shape index (κ1) is 15.8. The van der Waals surface area contributed by atoms with Gasteiger partial charge in [-0.3, -0.25) is 9.59 Å². The van der Waals surface area contributed by atoms with E-state index in [9.17, 15) is 14.7 Å². The molecule has 1 heterocycles. The third-order valence-corrected chi connectivity index (χ3v) is 4.37. The lowest BCUT2D eigenvalue weighted by atomic mass is 10.0. The molecule has 1 fully saturated rings. The average Bonchev–Trinajstić information content (AvgIpc) is 2.99. The van der Waals surface area contributed by atoms with Crippen LogP contribution in [0.3, 0.4) is 0 Å². The Hall–Kier alpha value is -1.62. The van der Waals surface area contributed by atoms with Gasteiger partial charge in [-0.25, -0.2) is 0 Å². The number of H-pyrrole nitrogens is 1. The summed E-state index contributed by atoms with van der Waals surface area (Å²) in [6.07, 6.45) is 3.10. The van der Waals surface area contributed by atoms with Gasteiger partial charge >= 0.3 is 0 Å². The smallest absolute Gasteiger partial charge is 0.268 e. The van der Waals surface area contributed by atoms with Crippen molar-refractivity contribution >= 4 is 11.7 Å². The van der Waals surface area contributed by atoms with Crippen LogP contribution in [0.4, 0.5) is 0 Å². The SMILES string of the molecule is CCc1c(C(=O)NC[C@@H]2CCC[C@@H]2O)[nH]c(C)c1C(C)=O. The first-order chi connectivity index (χ1) is 9.95. The summed E-state index contributed by atoms with van der Waals surface area (Å²) in [5, 5.41) is 12.7. The average molecular weight is 292 g/mol. The van der Waals surface area contributed by atoms with Gasteiger partial charge in [0.2, 0.25) is 0 Å². The van der Waals surface area contributed by atoms with Gasteiger partial charge in [-0.1, -0.05) is 13.3 Å². The van der Waals surface area contributed by atoms with E-state index in [0.29, 0.717) is 24.2 Å². The van der Waals surface area contributed by atoms with Crippen molar-refractivity contribution < 1.29 is 14.7 Å². The number of aromatic amines is 1. The van der Waals surface area contributed by atoms with Crippen LogP contribution < -0.4 is 5.32 Å². The molecule has 2 atom stereocenters. The lowest BCUT2D eigenvalue weighted by Gasteiger charge is -2.15. The normalized spacial score (nSPS) is 21.5. The molecule has 1 aliphatic carbocycles. The highest BCUT2D eigenvalue weighted by Gasteiger charge is 2.27. The standard InChI is InChI=1S/C16H24N2O3/c1-4-12-14(10(3)19)9(2)18-15(12)16(21)17-8-11-6-5-7-13(11)20/h11,13,18,20H,4-8H2,1-3H3,(H,17,21)/t11-,13-/m0/s1. The summed E-state index contributed by atoms with van der Waals surface area (Å²) in [6.45, 7) is 5.75. The van der Waals surface area contributed by atoms with Crippen molar-refractivity contribution in [3.8, 4) is 0 Å². The number of nitrogens with one attached hydrogen (secondary N) is 2. The first-order valence-electron chi connectivity index (χ1n) is 7.64.